The van der Waals surface area contributed by atoms with Crippen LogP contribution in [0.3, 0.4) is 0 Å². The van der Waals surface area contributed by atoms with Crippen LogP contribution in [-0.4, -0.2) is 29.3 Å². The van der Waals surface area contributed by atoms with Gasteiger partial charge >= 0.3 is 0 Å². The van der Waals surface area contributed by atoms with Crippen molar-refractivity contribution >= 4 is 28.7 Å². The first-order valence-electron chi connectivity index (χ1n) is 7.40. The van der Waals surface area contributed by atoms with Gasteiger partial charge in [0.15, 0.2) is 5.17 Å². The van der Waals surface area contributed by atoms with Gasteiger partial charge in [0.2, 0.25) is 0 Å². The fraction of sp³-hybridized carbons (Fsp3) is 0.562. The fourth-order valence-corrected chi connectivity index (χ4v) is 4.88. The van der Waals surface area contributed by atoms with Gasteiger partial charge in [0.1, 0.15) is 0 Å². The topological polar surface area (TPSA) is 24.4 Å². The summed E-state index contributed by atoms with van der Waals surface area (Å²) in [7, 11) is 0. The lowest BCUT2D eigenvalue weighted by molar-refractivity contribution is 0.424. The average Bonchev–Trinajstić information content (AvgIpc) is 2.97. The van der Waals surface area contributed by atoms with E-state index in [0.717, 1.165) is 17.0 Å². The molecule has 1 heterocycles. The Hall–Kier alpha value is -0.610. The molecule has 1 aliphatic carbocycles. The summed E-state index contributed by atoms with van der Waals surface area (Å²) in [5.41, 5.74) is 1.39. The van der Waals surface area contributed by atoms with Crippen LogP contribution in [0.1, 0.15) is 36.5 Å². The molecule has 108 valence electrons. The Morgan fingerprint density at radius 1 is 1.25 bits per heavy atom. The molecule has 4 heteroatoms. The van der Waals surface area contributed by atoms with Crippen LogP contribution in [0.15, 0.2) is 35.3 Å². The molecule has 3 rings (SSSR count). The van der Waals surface area contributed by atoms with Crippen LogP contribution in [0.5, 0.6) is 0 Å². The summed E-state index contributed by atoms with van der Waals surface area (Å²) in [5.74, 6) is 0. The van der Waals surface area contributed by atoms with Gasteiger partial charge in [-0.15, -0.1) is 0 Å². The summed E-state index contributed by atoms with van der Waals surface area (Å²) < 4.78 is 0. The SMILES string of the molecule is CSC1CCCC(NC2=NCC(c3ccccc3)S2)C1. The van der Waals surface area contributed by atoms with Crippen molar-refractivity contribution in [3.63, 3.8) is 0 Å². The highest BCUT2D eigenvalue weighted by Crippen LogP contribution is 2.35. The molecule has 0 bridgehead atoms. The van der Waals surface area contributed by atoms with Crippen molar-refractivity contribution in [1.82, 2.24) is 5.32 Å². The minimum absolute atomic E-state index is 0.499. The van der Waals surface area contributed by atoms with Gasteiger partial charge in [0.25, 0.3) is 0 Å². The monoisotopic (exact) mass is 306 g/mol. The van der Waals surface area contributed by atoms with Crippen LogP contribution < -0.4 is 5.32 Å². The molecule has 1 aromatic carbocycles. The summed E-state index contributed by atoms with van der Waals surface area (Å²) >= 11 is 3.92. The molecule has 1 aliphatic heterocycles. The molecule has 2 nitrogen and oxygen atoms in total. The fourth-order valence-electron chi connectivity index (χ4n) is 2.96. The number of thioether (sulfide) groups is 2. The molecule has 1 fully saturated rings. The lowest BCUT2D eigenvalue weighted by Gasteiger charge is -2.29. The minimum atomic E-state index is 0.499. The molecule has 0 aromatic heterocycles. The van der Waals surface area contributed by atoms with Crippen molar-refractivity contribution in [2.75, 3.05) is 12.8 Å². The Labute approximate surface area is 130 Å². The molecule has 0 saturated heterocycles. The first-order valence-corrected chi connectivity index (χ1v) is 9.57. The summed E-state index contributed by atoms with van der Waals surface area (Å²) in [6.45, 7) is 0.912. The highest BCUT2D eigenvalue weighted by Gasteiger charge is 2.26. The van der Waals surface area contributed by atoms with Crippen molar-refractivity contribution in [1.29, 1.82) is 0 Å². The predicted molar refractivity (Wildman–Crippen MR) is 91.8 cm³/mol. The number of nitrogens with one attached hydrogen (secondary N) is 1. The molecule has 1 saturated carbocycles. The van der Waals surface area contributed by atoms with Crippen molar-refractivity contribution in [2.24, 2.45) is 4.99 Å². The van der Waals surface area contributed by atoms with Gasteiger partial charge < -0.3 is 5.32 Å². The number of rotatable bonds is 3. The summed E-state index contributed by atoms with van der Waals surface area (Å²) in [6.07, 6.45) is 7.55. The summed E-state index contributed by atoms with van der Waals surface area (Å²) in [6, 6.07) is 11.4. The standard InChI is InChI=1S/C16H22N2S2/c1-19-14-9-5-8-13(10-14)18-16-17-11-15(20-16)12-6-3-2-4-7-12/h2-4,6-7,13-15H,5,8-11H2,1H3,(H,17,18). The second-order valence-corrected chi connectivity index (χ2v) is 7.86. The average molecular weight is 307 g/mol. The van der Waals surface area contributed by atoms with E-state index in [1.54, 1.807) is 0 Å². The first-order chi connectivity index (χ1) is 9.85. The lowest BCUT2D eigenvalue weighted by atomic mass is 9.95. The second-order valence-electron chi connectivity index (χ2n) is 5.53. The van der Waals surface area contributed by atoms with Gasteiger partial charge in [-0.2, -0.15) is 11.8 Å². The highest BCUT2D eigenvalue weighted by molar-refractivity contribution is 8.14. The summed E-state index contributed by atoms with van der Waals surface area (Å²) in [5, 5.41) is 6.17. The molecular formula is C16H22N2S2. The van der Waals surface area contributed by atoms with Gasteiger partial charge in [-0.05, 0) is 31.1 Å². The maximum atomic E-state index is 4.70. The largest absolute Gasteiger partial charge is 0.362 e. The predicted octanol–water partition coefficient (Wildman–Crippen LogP) is 4.09. The Balaban J connectivity index is 1.53. The molecule has 1 aromatic rings. The van der Waals surface area contributed by atoms with E-state index in [1.165, 1.54) is 31.2 Å². The normalized spacial score (nSPS) is 30.1. The Morgan fingerprint density at radius 3 is 2.90 bits per heavy atom. The number of amidine groups is 1. The van der Waals surface area contributed by atoms with Gasteiger partial charge in [-0.1, -0.05) is 48.5 Å². The van der Waals surface area contributed by atoms with E-state index in [-0.39, 0.29) is 0 Å². The Bertz CT molecular complexity index is 461. The second kappa shape index (κ2) is 6.90. The summed E-state index contributed by atoms with van der Waals surface area (Å²) in [4.78, 5) is 4.70. The third kappa shape index (κ3) is 3.53. The molecule has 20 heavy (non-hydrogen) atoms. The van der Waals surface area contributed by atoms with E-state index in [2.05, 4.69) is 41.9 Å². The van der Waals surface area contributed by atoms with Crippen LogP contribution in [0, 0.1) is 0 Å². The van der Waals surface area contributed by atoms with E-state index in [9.17, 15) is 0 Å². The van der Waals surface area contributed by atoms with Gasteiger partial charge in [0, 0.05) is 11.3 Å². The van der Waals surface area contributed by atoms with Crippen LogP contribution in [0.2, 0.25) is 0 Å². The molecular weight excluding hydrogens is 284 g/mol. The highest BCUT2D eigenvalue weighted by atomic mass is 32.2. The van der Waals surface area contributed by atoms with E-state index in [0.29, 0.717) is 11.3 Å². The quantitative estimate of drug-likeness (QED) is 0.910. The van der Waals surface area contributed by atoms with E-state index in [1.807, 2.05) is 23.5 Å². The van der Waals surface area contributed by atoms with Gasteiger partial charge in [-0.3, -0.25) is 4.99 Å². The Morgan fingerprint density at radius 2 is 2.10 bits per heavy atom. The van der Waals surface area contributed by atoms with Crippen LogP contribution >= 0.6 is 23.5 Å². The first kappa shape index (κ1) is 14.3. The number of benzene rings is 1. The molecule has 1 N–H and O–H groups in total. The molecule has 0 spiro atoms. The number of aliphatic imine (C=N–C) groups is 1. The smallest absolute Gasteiger partial charge is 0.157 e. The maximum Gasteiger partial charge on any atom is 0.157 e. The van der Waals surface area contributed by atoms with Crippen LogP contribution in [-0.2, 0) is 0 Å². The number of hydrogen-bond acceptors (Lipinski definition) is 4. The number of nitrogens with zero attached hydrogens (tertiary/aromatic N) is 1. The zero-order chi connectivity index (χ0) is 13.8. The zero-order valence-electron chi connectivity index (χ0n) is 11.9. The minimum Gasteiger partial charge on any atom is -0.362 e. The Kier molecular flexibility index (Phi) is 4.94. The van der Waals surface area contributed by atoms with Crippen molar-refractivity contribution in [3.05, 3.63) is 35.9 Å². The van der Waals surface area contributed by atoms with Gasteiger partial charge in [-0.25, -0.2) is 0 Å². The molecule has 3 unspecified atom stereocenters. The van der Waals surface area contributed by atoms with E-state index >= 15 is 0 Å². The molecule has 3 atom stereocenters. The molecule has 2 aliphatic rings. The molecule has 0 amide bonds. The van der Waals surface area contributed by atoms with Gasteiger partial charge in [0.05, 0.1) is 11.8 Å². The number of hydrogen-bond donors (Lipinski definition) is 1. The zero-order valence-corrected chi connectivity index (χ0v) is 13.6. The van der Waals surface area contributed by atoms with E-state index < -0.39 is 0 Å². The van der Waals surface area contributed by atoms with Crippen molar-refractivity contribution in [3.8, 4) is 0 Å². The third-order valence-corrected chi connectivity index (χ3v) is 6.38. The maximum absolute atomic E-state index is 4.70. The third-order valence-electron chi connectivity index (χ3n) is 4.11. The van der Waals surface area contributed by atoms with Crippen LogP contribution in [0.25, 0.3) is 0 Å². The van der Waals surface area contributed by atoms with Crippen LogP contribution in [0.4, 0.5) is 0 Å². The molecule has 0 radical (unpaired) electrons. The lowest BCUT2D eigenvalue weighted by Crippen LogP contribution is -2.37. The van der Waals surface area contributed by atoms with Crippen molar-refractivity contribution < 1.29 is 0 Å². The van der Waals surface area contributed by atoms with E-state index in [4.69, 9.17) is 4.99 Å². The van der Waals surface area contributed by atoms with Crippen molar-refractivity contribution in [2.45, 2.75) is 42.2 Å².